The van der Waals surface area contributed by atoms with Crippen molar-refractivity contribution in [3.63, 3.8) is 0 Å². The standard InChI is InChI=1S/C16H11N5O4/c17-9-14(20-18-12-7-3-1-5-10(12)15(22)23)21-19-13-8-4-2-6-11(13)16(24)25/h1-8,18H,(H,22,23)(H,24,25). The summed E-state index contributed by atoms with van der Waals surface area (Å²) < 4.78 is 0. The zero-order valence-electron chi connectivity index (χ0n) is 12.6. The number of hydrogen-bond acceptors (Lipinski definition) is 6. The van der Waals surface area contributed by atoms with Gasteiger partial charge in [0.1, 0.15) is 11.8 Å². The molecule has 0 aliphatic carbocycles. The Morgan fingerprint density at radius 3 is 2.20 bits per heavy atom. The van der Waals surface area contributed by atoms with Crippen molar-refractivity contribution in [3.8, 4) is 6.07 Å². The molecule has 0 unspecified atom stereocenters. The third kappa shape index (κ3) is 4.46. The van der Waals surface area contributed by atoms with E-state index < -0.39 is 17.8 Å². The van der Waals surface area contributed by atoms with Crippen LogP contribution >= 0.6 is 0 Å². The molecule has 0 aliphatic rings. The van der Waals surface area contributed by atoms with Gasteiger partial charge in [-0.1, -0.05) is 24.3 Å². The lowest BCUT2D eigenvalue weighted by molar-refractivity contribution is 0.0687. The van der Waals surface area contributed by atoms with E-state index in [-0.39, 0.29) is 22.5 Å². The second kappa shape index (κ2) is 7.98. The van der Waals surface area contributed by atoms with Gasteiger partial charge in [-0.3, -0.25) is 5.43 Å². The molecule has 0 aromatic heterocycles. The third-order valence-electron chi connectivity index (χ3n) is 2.93. The van der Waals surface area contributed by atoms with E-state index in [1.54, 1.807) is 24.3 Å². The van der Waals surface area contributed by atoms with Gasteiger partial charge in [0.15, 0.2) is 0 Å². The van der Waals surface area contributed by atoms with Gasteiger partial charge in [-0.2, -0.15) is 5.26 Å². The van der Waals surface area contributed by atoms with Crippen LogP contribution in [0.1, 0.15) is 20.7 Å². The highest BCUT2D eigenvalue weighted by Crippen LogP contribution is 2.19. The van der Waals surface area contributed by atoms with Crippen LogP contribution in [0.2, 0.25) is 0 Å². The molecule has 2 aromatic carbocycles. The lowest BCUT2D eigenvalue weighted by atomic mass is 10.2. The molecule has 2 rings (SSSR count). The molecule has 0 heterocycles. The molecular formula is C16H11N5O4. The number of nitriles is 1. The Labute approximate surface area is 141 Å². The monoisotopic (exact) mass is 337 g/mol. The summed E-state index contributed by atoms with van der Waals surface area (Å²) in [4.78, 5) is 22.2. The van der Waals surface area contributed by atoms with Crippen LogP contribution in [-0.2, 0) is 0 Å². The van der Waals surface area contributed by atoms with Gasteiger partial charge >= 0.3 is 11.9 Å². The summed E-state index contributed by atoms with van der Waals surface area (Å²) in [6.45, 7) is 0. The van der Waals surface area contributed by atoms with E-state index >= 15 is 0 Å². The molecule has 0 aliphatic heterocycles. The molecule has 0 amide bonds. The van der Waals surface area contributed by atoms with Gasteiger partial charge in [0.25, 0.3) is 5.84 Å². The van der Waals surface area contributed by atoms with Gasteiger partial charge in [0, 0.05) is 0 Å². The number of carboxylic acid groups (broad SMARTS) is 2. The van der Waals surface area contributed by atoms with Crippen molar-refractivity contribution in [3.05, 3.63) is 59.7 Å². The molecule has 0 fully saturated rings. The van der Waals surface area contributed by atoms with Gasteiger partial charge in [-0.15, -0.1) is 15.3 Å². The summed E-state index contributed by atoms with van der Waals surface area (Å²) >= 11 is 0. The Morgan fingerprint density at radius 1 is 0.960 bits per heavy atom. The fourth-order valence-corrected chi connectivity index (χ4v) is 1.79. The zero-order valence-corrected chi connectivity index (χ0v) is 12.6. The predicted molar refractivity (Wildman–Crippen MR) is 88.0 cm³/mol. The topological polar surface area (TPSA) is 148 Å². The van der Waals surface area contributed by atoms with Crippen molar-refractivity contribution >= 4 is 29.1 Å². The molecule has 0 saturated carbocycles. The van der Waals surface area contributed by atoms with Gasteiger partial charge in [-0.25, -0.2) is 9.59 Å². The van der Waals surface area contributed by atoms with Crippen LogP contribution in [0.3, 0.4) is 0 Å². The van der Waals surface area contributed by atoms with Gasteiger partial charge < -0.3 is 10.2 Å². The van der Waals surface area contributed by atoms with Crippen molar-refractivity contribution in [1.82, 2.24) is 0 Å². The van der Waals surface area contributed by atoms with Crippen LogP contribution in [0, 0.1) is 11.3 Å². The average molecular weight is 337 g/mol. The largest absolute Gasteiger partial charge is 0.478 e. The van der Waals surface area contributed by atoms with Crippen molar-refractivity contribution in [1.29, 1.82) is 5.26 Å². The first-order valence-electron chi connectivity index (χ1n) is 6.83. The number of rotatable bonds is 5. The number of anilines is 1. The van der Waals surface area contributed by atoms with Crippen LogP contribution in [0.25, 0.3) is 0 Å². The maximum absolute atomic E-state index is 11.1. The summed E-state index contributed by atoms with van der Waals surface area (Å²) in [5.74, 6) is -2.74. The lowest BCUT2D eigenvalue weighted by Gasteiger charge is -2.03. The summed E-state index contributed by atoms with van der Waals surface area (Å²) in [5.41, 5.74) is 2.56. The summed E-state index contributed by atoms with van der Waals surface area (Å²) in [6.07, 6.45) is 0. The number of nitrogens with zero attached hydrogens (tertiary/aromatic N) is 4. The van der Waals surface area contributed by atoms with Crippen LogP contribution < -0.4 is 5.43 Å². The summed E-state index contributed by atoms with van der Waals surface area (Å²) in [6, 6.07) is 13.5. The first kappa shape index (κ1) is 17.3. The summed E-state index contributed by atoms with van der Waals surface area (Å²) in [7, 11) is 0. The fourth-order valence-electron chi connectivity index (χ4n) is 1.79. The minimum absolute atomic E-state index is 0.0308. The van der Waals surface area contributed by atoms with E-state index in [0.29, 0.717) is 0 Å². The SMILES string of the molecule is N#CC(N=Nc1ccccc1C(=O)O)=NNc1ccccc1C(=O)O. The number of azo groups is 1. The van der Waals surface area contributed by atoms with E-state index in [0.717, 1.165) is 0 Å². The smallest absolute Gasteiger partial charge is 0.337 e. The Balaban J connectivity index is 2.24. The number of benzene rings is 2. The van der Waals surface area contributed by atoms with Gasteiger partial charge in [-0.05, 0) is 24.3 Å². The first-order valence-corrected chi connectivity index (χ1v) is 6.83. The Morgan fingerprint density at radius 2 is 1.56 bits per heavy atom. The second-order valence-electron chi connectivity index (χ2n) is 4.53. The van der Waals surface area contributed by atoms with E-state index in [1.165, 1.54) is 30.3 Å². The molecule has 0 atom stereocenters. The molecule has 0 spiro atoms. The highest BCUT2D eigenvalue weighted by molar-refractivity contribution is 5.99. The number of hydrazone groups is 1. The number of carbonyl (C=O) groups is 2. The normalized spacial score (nSPS) is 11.1. The minimum Gasteiger partial charge on any atom is -0.478 e. The minimum atomic E-state index is -1.18. The third-order valence-corrected chi connectivity index (χ3v) is 2.93. The fraction of sp³-hybridized carbons (Fsp3) is 0. The number of aromatic carboxylic acids is 2. The lowest BCUT2D eigenvalue weighted by Crippen LogP contribution is -2.03. The number of nitrogens with one attached hydrogen (secondary N) is 1. The molecule has 3 N–H and O–H groups in total. The zero-order chi connectivity index (χ0) is 18.2. The molecule has 25 heavy (non-hydrogen) atoms. The van der Waals surface area contributed by atoms with E-state index in [4.69, 9.17) is 15.5 Å². The van der Waals surface area contributed by atoms with Crippen LogP contribution in [0.15, 0.2) is 63.9 Å². The Bertz CT molecular complexity index is 915. The molecule has 9 nitrogen and oxygen atoms in total. The molecule has 9 heteroatoms. The predicted octanol–water partition coefficient (Wildman–Crippen LogP) is 3.12. The van der Waals surface area contributed by atoms with E-state index in [1.807, 2.05) is 0 Å². The highest BCUT2D eigenvalue weighted by atomic mass is 16.4. The number of carboxylic acids is 2. The van der Waals surface area contributed by atoms with Gasteiger partial charge in [0.05, 0.1) is 16.8 Å². The van der Waals surface area contributed by atoms with Crippen LogP contribution in [0.5, 0.6) is 0 Å². The number of hydrogen-bond donors (Lipinski definition) is 3. The number of para-hydroxylation sites is 1. The quantitative estimate of drug-likeness (QED) is 0.330. The Hall–Kier alpha value is -4.06. The van der Waals surface area contributed by atoms with Crippen LogP contribution in [-0.4, -0.2) is 28.0 Å². The highest BCUT2D eigenvalue weighted by Gasteiger charge is 2.10. The Kier molecular flexibility index (Phi) is 5.52. The number of amidine groups is 1. The second-order valence-corrected chi connectivity index (χ2v) is 4.53. The van der Waals surface area contributed by atoms with Gasteiger partial charge in [0.2, 0.25) is 0 Å². The molecule has 0 radical (unpaired) electrons. The molecular weight excluding hydrogens is 326 g/mol. The molecule has 0 saturated heterocycles. The summed E-state index contributed by atoms with van der Waals surface area (Å²) in [5, 5.41) is 38.1. The molecule has 0 bridgehead atoms. The average Bonchev–Trinajstić information content (AvgIpc) is 2.62. The molecule has 2 aromatic rings. The van der Waals surface area contributed by atoms with Crippen molar-refractivity contribution in [2.24, 2.45) is 15.3 Å². The maximum Gasteiger partial charge on any atom is 0.337 e. The van der Waals surface area contributed by atoms with E-state index in [9.17, 15) is 9.59 Å². The van der Waals surface area contributed by atoms with Crippen molar-refractivity contribution in [2.45, 2.75) is 0 Å². The maximum atomic E-state index is 11.1. The first-order chi connectivity index (χ1) is 12.0. The molecule has 124 valence electrons. The van der Waals surface area contributed by atoms with Crippen molar-refractivity contribution < 1.29 is 19.8 Å². The van der Waals surface area contributed by atoms with E-state index in [2.05, 4.69) is 20.8 Å². The van der Waals surface area contributed by atoms with Crippen molar-refractivity contribution in [2.75, 3.05) is 5.43 Å². The van der Waals surface area contributed by atoms with Crippen LogP contribution in [0.4, 0.5) is 11.4 Å².